The maximum absolute atomic E-state index is 12.6. The first-order chi connectivity index (χ1) is 12.5. The van der Waals surface area contributed by atoms with Crippen LogP contribution in [0.2, 0.25) is 5.02 Å². The molecule has 26 heavy (non-hydrogen) atoms. The molecule has 0 saturated heterocycles. The first-order valence-electron chi connectivity index (χ1n) is 9.31. The lowest BCUT2D eigenvalue weighted by atomic mass is 10.0. The Balaban J connectivity index is 1.82. The minimum absolute atomic E-state index is 0.0857. The third kappa shape index (κ3) is 3.70. The number of fused-ring (bicyclic) bond motifs is 1. The summed E-state index contributed by atoms with van der Waals surface area (Å²) in [5, 5.41) is 7.98. The minimum Gasteiger partial charge on any atom is -0.324 e. The number of anilines is 1. The number of nitrogens with one attached hydrogen (secondary N) is 1. The van der Waals surface area contributed by atoms with E-state index >= 15 is 0 Å². The zero-order valence-electron chi connectivity index (χ0n) is 15.3. The van der Waals surface area contributed by atoms with Crippen molar-refractivity contribution in [3.63, 3.8) is 0 Å². The summed E-state index contributed by atoms with van der Waals surface area (Å²) >= 11 is 6.29. The van der Waals surface area contributed by atoms with E-state index in [1.807, 2.05) is 26.0 Å². The molecule has 0 spiro atoms. The molecule has 7 heteroatoms. The normalized spacial score (nSPS) is 14.0. The topological polar surface area (TPSA) is 68.9 Å². The van der Waals surface area contributed by atoms with Gasteiger partial charge in [-0.25, -0.2) is 9.48 Å². The van der Waals surface area contributed by atoms with Gasteiger partial charge in [-0.05, 0) is 42.9 Å². The summed E-state index contributed by atoms with van der Waals surface area (Å²) in [5.41, 5.74) is 2.52. The Morgan fingerprint density at radius 1 is 1.23 bits per heavy atom. The first-order valence-corrected chi connectivity index (χ1v) is 9.69. The van der Waals surface area contributed by atoms with Crippen molar-refractivity contribution in [1.29, 1.82) is 0 Å². The fourth-order valence-electron chi connectivity index (χ4n) is 3.51. The van der Waals surface area contributed by atoms with Crippen molar-refractivity contribution in [2.75, 3.05) is 5.32 Å². The number of amides is 1. The molecular weight excluding hydrogens is 352 g/mol. The van der Waals surface area contributed by atoms with Crippen LogP contribution >= 0.6 is 11.6 Å². The molecule has 1 aromatic carbocycles. The van der Waals surface area contributed by atoms with Crippen LogP contribution in [0, 0.1) is 0 Å². The van der Waals surface area contributed by atoms with Gasteiger partial charge in [0.2, 0.25) is 5.91 Å². The average molecular weight is 377 g/mol. The third-order valence-electron chi connectivity index (χ3n) is 4.92. The van der Waals surface area contributed by atoms with Gasteiger partial charge in [-0.15, -0.1) is 0 Å². The Labute approximate surface area is 158 Å². The number of rotatable bonds is 5. The molecule has 2 heterocycles. The van der Waals surface area contributed by atoms with Gasteiger partial charge < -0.3 is 5.32 Å². The molecule has 3 rings (SSSR count). The number of carbonyl (C=O) groups excluding carboxylic acids is 1. The molecule has 0 unspecified atom stereocenters. The summed E-state index contributed by atoms with van der Waals surface area (Å²) in [4.78, 5) is 25.1. The Kier molecular flexibility index (Phi) is 5.81. The average Bonchev–Trinajstić information content (AvgIpc) is 2.78. The van der Waals surface area contributed by atoms with Crippen LogP contribution in [0.1, 0.15) is 50.1 Å². The van der Waals surface area contributed by atoms with Crippen molar-refractivity contribution in [2.45, 2.75) is 65.5 Å². The van der Waals surface area contributed by atoms with Gasteiger partial charge in [-0.1, -0.05) is 37.9 Å². The summed E-state index contributed by atoms with van der Waals surface area (Å²) in [6, 6.07) is 3.80. The van der Waals surface area contributed by atoms with Crippen LogP contribution in [-0.4, -0.2) is 20.3 Å². The van der Waals surface area contributed by atoms with Crippen LogP contribution in [0.5, 0.6) is 0 Å². The number of nitrogens with zero attached hydrogens (tertiary/aromatic N) is 3. The van der Waals surface area contributed by atoms with Gasteiger partial charge >= 0.3 is 5.69 Å². The number of hydrogen-bond donors (Lipinski definition) is 1. The van der Waals surface area contributed by atoms with Gasteiger partial charge in [0, 0.05) is 23.7 Å². The first kappa shape index (κ1) is 18.7. The van der Waals surface area contributed by atoms with Crippen LogP contribution in [0.15, 0.2) is 16.9 Å². The lowest BCUT2D eigenvalue weighted by molar-refractivity contribution is -0.117. The smallest absolute Gasteiger partial charge is 0.324 e. The Morgan fingerprint density at radius 2 is 2.04 bits per heavy atom. The number of hydrogen-bond acceptors (Lipinski definition) is 3. The monoisotopic (exact) mass is 376 g/mol. The predicted molar refractivity (Wildman–Crippen MR) is 103 cm³/mol. The molecule has 0 aliphatic carbocycles. The van der Waals surface area contributed by atoms with Crippen LogP contribution in [-0.2, 0) is 37.1 Å². The van der Waals surface area contributed by atoms with E-state index < -0.39 is 0 Å². The Morgan fingerprint density at radius 3 is 2.77 bits per heavy atom. The van der Waals surface area contributed by atoms with Crippen LogP contribution < -0.4 is 11.0 Å². The highest BCUT2D eigenvalue weighted by Crippen LogP contribution is 2.29. The van der Waals surface area contributed by atoms with E-state index in [1.165, 1.54) is 4.68 Å². The molecule has 0 atom stereocenters. The second kappa shape index (κ2) is 8.08. The van der Waals surface area contributed by atoms with E-state index in [0.29, 0.717) is 11.6 Å². The van der Waals surface area contributed by atoms with E-state index in [1.54, 1.807) is 4.57 Å². The number of aromatic nitrogens is 3. The minimum atomic E-state index is -0.257. The summed E-state index contributed by atoms with van der Waals surface area (Å²) in [7, 11) is 0. The van der Waals surface area contributed by atoms with Crippen molar-refractivity contribution in [1.82, 2.24) is 14.3 Å². The predicted octanol–water partition coefficient (Wildman–Crippen LogP) is 3.19. The molecule has 6 nitrogen and oxygen atoms in total. The lowest BCUT2D eigenvalue weighted by Gasteiger charge is -2.15. The molecule has 1 N–H and O–H groups in total. The second-order valence-electron chi connectivity index (χ2n) is 6.63. The highest BCUT2D eigenvalue weighted by molar-refractivity contribution is 6.32. The van der Waals surface area contributed by atoms with E-state index in [9.17, 15) is 9.59 Å². The van der Waals surface area contributed by atoms with Crippen LogP contribution in [0.4, 0.5) is 5.69 Å². The van der Waals surface area contributed by atoms with Crippen LogP contribution in [0.25, 0.3) is 0 Å². The molecular formula is C19H25ClN4O2. The fourth-order valence-corrected chi connectivity index (χ4v) is 3.80. The standard InChI is InChI=1S/C19H25ClN4O2/c1-3-13-9-10-15(20)14(4-2)18(13)21-17(25)12-24-19(26)23-11-7-5-6-8-16(23)22-24/h9-10H,3-8,11-12H2,1-2H3,(H,21,25). The van der Waals surface area contributed by atoms with Crippen molar-refractivity contribution in [2.24, 2.45) is 0 Å². The molecule has 0 saturated carbocycles. The molecule has 1 aliphatic rings. The Hall–Kier alpha value is -2.08. The zero-order valence-corrected chi connectivity index (χ0v) is 16.1. The summed E-state index contributed by atoms with van der Waals surface area (Å²) < 4.78 is 2.98. The largest absolute Gasteiger partial charge is 0.346 e. The molecule has 1 amide bonds. The highest BCUT2D eigenvalue weighted by atomic mass is 35.5. The third-order valence-corrected chi connectivity index (χ3v) is 5.27. The van der Waals surface area contributed by atoms with Gasteiger partial charge in [0.25, 0.3) is 0 Å². The number of carbonyl (C=O) groups is 1. The molecule has 2 aromatic rings. The molecule has 1 aromatic heterocycles. The molecule has 0 fully saturated rings. The maximum Gasteiger partial charge on any atom is 0.346 e. The van der Waals surface area contributed by atoms with Crippen molar-refractivity contribution in [3.8, 4) is 0 Å². The Bertz CT molecular complexity index is 869. The molecule has 1 aliphatic heterocycles. The van der Waals surface area contributed by atoms with Crippen LogP contribution in [0.3, 0.4) is 0 Å². The molecule has 0 radical (unpaired) electrons. The van der Waals surface area contributed by atoms with E-state index in [2.05, 4.69) is 10.4 Å². The van der Waals surface area contributed by atoms with E-state index in [4.69, 9.17) is 11.6 Å². The lowest BCUT2D eigenvalue weighted by Crippen LogP contribution is -2.30. The summed E-state index contributed by atoms with van der Waals surface area (Å²) in [5.74, 6) is 0.526. The fraction of sp³-hybridized carbons (Fsp3) is 0.526. The van der Waals surface area contributed by atoms with Gasteiger partial charge in [0.1, 0.15) is 12.4 Å². The maximum atomic E-state index is 12.6. The summed E-state index contributed by atoms with van der Waals surface area (Å²) in [6.45, 7) is 4.64. The number of halogens is 1. The van der Waals surface area contributed by atoms with E-state index in [-0.39, 0.29) is 18.1 Å². The van der Waals surface area contributed by atoms with Crippen molar-refractivity contribution in [3.05, 3.63) is 44.6 Å². The molecule has 140 valence electrons. The van der Waals surface area contributed by atoms with Crippen molar-refractivity contribution >= 4 is 23.2 Å². The van der Waals surface area contributed by atoms with Gasteiger partial charge in [-0.3, -0.25) is 9.36 Å². The number of benzene rings is 1. The van der Waals surface area contributed by atoms with E-state index in [0.717, 1.165) is 61.2 Å². The summed E-state index contributed by atoms with van der Waals surface area (Å²) in [6.07, 6.45) is 5.42. The number of aryl methyl sites for hydroxylation is 2. The van der Waals surface area contributed by atoms with Gasteiger partial charge in [0.15, 0.2) is 0 Å². The highest BCUT2D eigenvalue weighted by Gasteiger charge is 2.19. The van der Waals surface area contributed by atoms with Crippen molar-refractivity contribution < 1.29 is 4.79 Å². The second-order valence-corrected chi connectivity index (χ2v) is 7.04. The molecule has 0 bridgehead atoms. The SMILES string of the molecule is CCc1ccc(Cl)c(CC)c1NC(=O)Cn1nc2n(c1=O)CCCCC2. The van der Waals surface area contributed by atoms with Gasteiger partial charge in [-0.2, -0.15) is 5.10 Å². The zero-order chi connectivity index (χ0) is 18.7. The van der Waals surface area contributed by atoms with Gasteiger partial charge in [0.05, 0.1) is 0 Å². The quantitative estimate of drug-likeness (QED) is 0.871.